The number of hydrogen-bond donors (Lipinski definition) is 1. The van der Waals surface area contributed by atoms with Crippen LogP contribution in [0.3, 0.4) is 0 Å². The van der Waals surface area contributed by atoms with Crippen LogP contribution in [0, 0.1) is 0 Å². The van der Waals surface area contributed by atoms with E-state index in [-0.39, 0.29) is 0 Å². The highest BCUT2D eigenvalue weighted by atomic mass is 16.6. The van der Waals surface area contributed by atoms with Crippen LogP contribution >= 0.6 is 0 Å². The van der Waals surface area contributed by atoms with Gasteiger partial charge in [-0.15, -0.1) is 0 Å². The molecule has 4 nitrogen and oxygen atoms in total. The van der Waals surface area contributed by atoms with E-state index in [0.717, 1.165) is 24.8 Å². The number of carbonyl (C=O) groups is 1. The molecule has 0 unspecified atom stereocenters. The molecule has 0 heterocycles. The van der Waals surface area contributed by atoms with Crippen molar-refractivity contribution in [3.8, 4) is 0 Å². The standard InChI is InChI=1S/C20H35NO.C4H6O2/c1-2-3-4-5-6-7-8-9-10-11-12-16-19-22-21-20-17-14-13-15-18-20;1-3-4(5)6-2/h13-15,17-18,21H,2-12,16,19H2,1H3;3H,1H2,2H3. The third kappa shape index (κ3) is 19.0. The van der Waals surface area contributed by atoms with Gasteiger partial charge in [-0.1, -0.05) is 102 Å². The van der Waals surface area contributed by atoms with Gasteiger partial charge in [0.2, 0.25) is 0 Å². The van der Waals surface area contributed by atoms with Crippen molar-refractivity contribution in [3.05, 3.63) is 43.0 Å². The maximum absolute atomic E-state index is 9.84. The number of nitrogens with one attached hydrogen (secondary N) is 1. The third-order valence-electron chi connectivity index (χ3n) is 4.43. The monoisotopic (exact) mass is 391 g/mol. The second kappa shape index (κ2) is 21.5. The predicted molar refractivity (Wildman–Crippen MR) is 119 cm³/mol. The first-order chi connectivity index (χ1) is 13.7. The Balaban J connectivity index is 0.00000105. The van der Waals surface area contributed by atoms with Crippen molar-refractivity contribution in [1.29, 1.82) is 0 Å². The lowest BCUT2D eigenvalue weighted by Gasteiger charge is -2.06. The Labute approximate surface area is 172 Å². The number of hydrogen-bond acceptors (Lipinski definition) is 4. The smallest absolute Gasteiger partial charge is 0.329 e. The summed E-state index contributed by atoms with van der Waals surface area (Å²) in [7, 11) is 1.31. The van der Waals surface area contributed by atoms with Gasteiger partial charge in [-0.05, 0) is 18.6 Å². The number of para-hydroxylation sites is 1. The topological polar surface area (TPSA) is 47.6 Å². The van der Waals surface area contributed by atoms with Gasteiger partial charge in [-0.2, -0.15) is 0 Å². The Morgan fingerprint density at radius 2 is 1.39 bits per heavy atom. The molecule has 0 saturated carbocycles. The molecule has 1 aromatic carbocycles. The van der Waals surface area contributed by atoms with Crippen LogP contribution in [0.4, 0.5) is 5.69 Å². The molecule has 0 amide bonds. The van der Waals surface area contributed by atoms with Crippen LogP contribution in [0.1, 0.15) is 84.0 Å². The predicted octanol–water partition coefficient (Wildman–Crippen LogP) is 7.08. The minimum absolute atomic E-state index is 0.394. The molecule has 0 radical (unpaired) electrons. The number of ether oxygens (including phenoxy) is 1. The van der Waals surface area contributed by atoms with Gasteiger partial charge >= 0.3 is 5.97 Å². The van der Waals surface area contributed by atoms with Crippen molar-refractivity contribution in [3.63, 3.8) is 0 Å². The fourth-order valence-electron chi connectivity index (χ4n) is 2.74. The highest BCUT2D eigenvalue weighted by Crippen LogP contribution is 2.12. The van der Waals surface area contributed by atoms with E-state index in [1.54, 1.807) is 0 Å². The third-order valence-corrected chi connectivity index (χ3v) is 4.43. The summed E-state index contributed by atoms with van der Waals surface area (Å²) in [5.41, 5.74) is 4.01. The molecule has 0 aliphatic carbocycles. The Kier molecular flexibility index (Phi) is 20.1. The fourth-order valence-corrected chi connectivity index (χ4v) is 2.74. The summed E-state index contributed by atoms with van der Waals surface area (Å²) in [6, 6.07) is 10.1. The maximum atomic E-state index is 9.84. The van der Waals surface area contributed by atoms with Crippen molar-refractivity contribution in [2.24, 2.45) is 0 Å². The second-order valence-corrected chi connectivity index (χ2v) is 6.93. The first kappa shape index (κ1) is 26.2. The largest absolute Gasteiger partial charge is 0.466 e. The molecule has 1 N–H and O–H groups in total. The van der Waals surface area contributed by atoms with Gasteiger partial charge in [0.25, 0.3) is 0 Å². The normalized spacial score (nSPS) is 9.93. The molecule has 0 aliphatic heterocycles. The maximum Gasteiger partial charge on any atom is 0.329 e. The quantitative estimate of drug-likeness (QED) is 0.142. The van der Waals surface area contributed by atoms with Gasteiger partial charge in [0.15, 0.2) is 0 Å². The highest BCUT2D eigenvalue weighted by Gasteiger charge is 1.94. The van der Waals surface area contributed by atoms with E-state index in [4.69, 9.17) is 4.84 Å². The van der Waals surface area contributed by atoms with E-state index in [1.165, 1.54) is 77.7 Å². The SMILES string of the molecule is C=CC(=O)OC.CCCCCCCCCCCCCCONc1ccccc1. The Bertz CT molecular complexity index is 462. The summed E-state index contributed by atoms with van der Waals surface area (Å²) in [4.78, 5) is 15.3. The summed E-state index contributed by atoms with van der Waals surface area (Å²) in [5, 5.41) is 0. The van der Waals surface area contributed by atoms with E-state index >= 15 is 0 Å². The van der Waals surface area contributed by atoms with Crippen molar-refractivity contribution >= 4 is 11.7 Å². The first-order valence-corrected chi connectivity index (χ1v) is 10.9. The number of unbranched alkanes of at least 4 members (excludes halogenated alkanes) is 11. The average Bonchev–Trinajstić information content (AvgIpc) is 2.74. The van der Waals surface area contributed by atoms with E-state index in [0.29, 0.717) is 0 Å². The molecular formula is C24H41NO3. The summed E-state index contributed by atoms with van der Waals surface area (Å²) in [5.74, 6) is -0.394. The minimum Gasteiger partial charge on any atom is -0.466 e. The molecule has 4 heteroatoms. The Hall–Kier alpha value is -1.81. The Morgan fingerprint density at radius 1 is 0.893 bits per heavy atom. The molecule has 1 rings (SSSR count). The van der Waals surface area contributed by atoms with Crippen LogP contribution in [0.15, 0.2) is 43.0 Å². The number of anilines is 1. The van der Waals surface area contributed by atoms with Crippen molar-refractivity contribution in [2.45, 2.75) is 84.0 Å². The highest BCUT2D eigenvalue weighted by molar-refractivity contribution is 5.80. The summed E-state index contributed by atoms with van der Waals surface area (Å²) >= 11 is 0. The Morgan fingerprint density at radius 3 is 1.82 bits per heavy atom. The lowest BCUT2D eigenvalue weighted by atomic mass is 10.1. The molecule has 0 atom stereocenters. The van der Waals surface area contributed by atoms with Crippen molar-refractivity contribution in [1.82, 2.24) is 0 Å². The van der Waals surface area contributed by atoms with Crippen molar-refractivity contribution < 1.29 is 14.4 Å². The molecule has 160 valence electrons. The zero-order chi connectivity index (χ0) is 20.7. The summed E-state index contributed by atoms with van der Waals surface area (Å²) in [6.45, 7) is 6.24. The number of rotatable bonds is 16. The van der Waals surface area contributed by atoms with Crippen LogP contribution in [-0.2, 0) is 14.4 Å². The van der Waals surface area contributed by atoms with E-state index < -0.39 is 5.97 Å². The number of methoxy groups -OCH3 is 1. The number of benzene rings is 1. The molecule has 0 fully saturated rings. The van der Waals surface area contributed by atoms with E-state index in [9.17, 15) is 4.79 Å². The van der Waals surface area contributed by atoms with Gasteiger partial charge < -0.3 is 4.74 Å². The number of esters is 1. The number of carbonyl (C=O) groups excluding carboxylic acids is 1. The van der Waals surface area contributed by atoms with Gasteiger partial charge in [0.1, 0.15) is 0 Å². The van der Waals surface area contributed by atoms with Gasteiger partial charge in [0.05, 0.1) is 19.4 Å². The minimum atomic E-state index is -0.394. The van der Waals surface area contributed by atoms with E-state index in [1.807, 2.05) is 30.3 Å². The molecule has 0 spiro atoms. The summed E-state index contributed by atoms with van der Waals surface area (Å²) < 4.78 is 4.14. The van der Waals surface area contributed by atoms with Gasteiger partial charge in [0, 0.05) is 6.08 Å². The zero-order valence-electron chi connectivity index (χ0n) is 18.1. The van der Waals surface area contributed by atoms with Crippen molar-refractivity contribution in [2.75, 3.05) is 19.2 Å². The van der Waals surface area contributed by atoms with Crippen LogP contribution in [0.5, 0.6) is 0 Å². The van der Waals surface area contributed by atoms with Gasteiger partial charge in [-0.3, -0.25) is 10.3 Å². The molecular weight excluding hydrogens is 350 g/mol. The lowest BCUT2D eigenvalue weighted by Crippen LogP contribution is -2.02. The summed E-state index contributed by atoms with van der Waals surface area (Å²) in [6.07, 6.45) is 17.7. The molecule has 28 heavy (non-hydrogen) atoms. The fraction of sp³-hybridized carbons (Fsp3) is 0.625. The molecule has 0 bridgehead atoms. The lowest BCUT2D eigenvalue weighted by molar-refractivity contribution is -0.134. The molecule has 0 aromatic heterocycles. The second-order valence-electron chi connectivity index (χ2n) is 6.93. The molecule has 1 aromatic rings. The molecule has 0 aliphatic rings. The molecule has 0 saturated heterocycles. The zero-order valence-corrected chi connectivity index (χ0v) is 18.1. The average molecular weight is 392 g/mol. The van der Waals surface area contributed by atoms with Crippen LogP contribution in [-0.4, -0.2) is 19.7 Å². The van der Waals surface area contributed by atoms with Crippen LogP contribution in [0.2, 0.25) is 0 Å². The van der Waals surface area contributed by atoms with E-state index in [2.05, 4.69) is 23.7 Å². The first-order valence-electron chi connectivity index (χ1n) is 10.9. The van der Waals surface area contributed by atoms with Crippen LogP contribution in [0.25, 0.3) is 0 Å². The van der Waals surface area contributed by atoms with Crippen LogP contribution < -0.4 is 5.48 Å². The van der Waals surface area contributed by atoms with Gasteiger partial charge in [-0.25, -0.2) is 4.79 Å².